The first kappa shape index (κ1) is 24.2. The van der Waals surface area contributed by atoms with Gasteiger partial charge in [0.25, 0.3) is 0 Å². The van der Waals surface area contributed by atoms with E-state index in [1.165, 1.54) is 0 Å². The topological polar surface area (TPSA) is 136 Å². The van der Waals surface area contributed by atoms with E-state index in [2.05, 4.69) is 9.13 Å². The van der Waals surface area contributed by atoms with Gasteiger partial charge in [0.05, 0.1) is 6.42 Å². The van der Waals surface area contributed by atoms with Crippen LogP contribution >= 0.6 is 0 Å². The van der Waals surface area contributed by atoms with Gasteiger partial charge in [-0.2, -0.15) is 8.42 Å². The van der Waals surface area contributed by atoms with E-state index in [0.717, 1.165) is 25.7 Å². The molecule has 0 heterocycles. The minimum absolute atomic E-state index is 0.0543. The first-order chi connectivity index (χ1) is 12.2. The van der Waals surface area contributed by atoms with Crippen LogP contribution in [0.25, 0.3) is 0 Å². The van der Waals surface area contributed by atoms with Gasteiger partial charge in [0.2, 0.25) is 5.90 Å². The quantitative estimate of drug-likeness (QED) is 0.133. The van der Waals surface area contributed by atoms with Crippen molar-refractivity contribution in [2.24, 2.45) is 4.40 Å². The highest BCUT2D eigenvalue weighted by Gasteiger charge is 2.17. The Kier molecular flexibility index (Phi) is 12.5. The van der Waals surface area contributed by atoms with E-state index in [0.29, 0.717) is 12.8 Å². The molecule has 0 aliphatic heterocycles. The van der Waals surface area contributed by atoms with Gasteiger partial charge in [0, 0.05) is 19.3 Å². The van der Waals surface area contributed by atoms with Crippen LogP contribution in [0.4, 0.5) is 0 Å². The molecule has 0 aromatic heterocycles. The second-order valence-corrected chi connectivity index (χ2v) is 6.75. The molecule has 0 aromatic rings. The molecule has 0 rings (SSSR count). The van der Waals surface area contributed by atoms with Gasteiger partial charge in [0.1, 0.15) is 0 Å². The molecule has 150 valence electrons. The third kappa shape index (κ3) is 14.5. The molecule has 0 aromatic carbocycles. The standard InChI is InChI=1S/C16H27NO8S/c1-3-5-7-9-14(18)24-13(17-26(21,22)23)11-12-16(20)25-15(19)10-8-6-4-2/h3-12H2,1-2H3,(H,21,22,23)/b17-13-. The van der Waals surface area contributed by atoms with Crippen molar-refractivity contribution in [3.8, 4) is 0 Å². The minimum atomic E-state index is -4.79. The van der Waals surface area contributed by atoms with Crippen molar-refractivity contribution in [1.82, 2.24) is 0 Å². The number of hydrogen-bond acceptors (Lipinski definition) is 7. The average Bonchev–Trinajstić information content (AvgIpc) is 2.51. The molecule has 0 aliphatic rings. The molecular weight excluding hydrogens is 366 g/mol. The van der Waals surface area contributed by atoms with Crippen molar-refractivity contribution in [3.05, 3.63) is 0 Å². The van der Waals surface area contributed by atoms with Crippen LogP contribution in [-0.4, -0.2) is 36.8 Å². The lowest BCUT2D eigenvalue weighted by molar-refractivity contribution is -0.159. The predicted octanol–water partition coefficient (Wildman–Crippen LogP) is 2.74. The zero-order chi connectivity index (χ0) is 20.0. The fourth-order valence-electron chi connectivity index (χ4n) is 1.90. The lowest BCUT2D eigenvalue weighted by Crippen LogP contribution is -2.18. The zero-order valence-corrected chi connectivity index (χ0v) is 16.0. The SMILES string of the molecule is CCCCCC(=O)OC(=O)CC/C(=N/S(=O)(=O)O)OC(=O)CCCCC. The molecule has 0 fully saturated rings. The summed E-state index contributed by atoms with van der Waals surface area (Å²) < 4.78 is 42.7. The van der Waals surface area contributed by atoms with Crippen molar-refractivity contribution < 1.29 is 36.8 Å². The van der Waals surface area contributed by atoms with Gasteiger partial charge in [-0.25, -0.2) is 0 Å². The van der Waals surface area contributed by atoms with Crippen LogP contribution < -0.4 is 0 Å². The number of rotatable bonds is 12. The number of esters is 3. The van der Waals surface area contributed by atoms with Gasteiger partial charge in [-0.05, 0) is 12.8 Å². The normalized spacial score (nSPS) is 11.9. The molecule has 0 radical (unpaired) electrons. The fourth-order valence-corrected chi connectivity index (χ4v) is 2.29. The molecule has 0 atom stereocenters. The second-order valence-electron chi connectivity index (χ2n) is 5.67. The largest absolute Gasteiger partial charge is 0.411 e. The highest BCUT2D eigenvalue weighted by Crippen LogP contribution is 2.07. The summed E-state index contributed by atoms with van der Waals surface area (Å²) in [5.74, 6) is -2.90. The van der Waals surface area contributed by atoms with Crippen LogP contribution in [0.1, 0.15) is 78.1 Å². The van der Waals surface area contributed by atoms with Crippen LogP contribution in [0.15, 0.2) is 4.40 Å². The zero-order valence-electron chi connectivity index (χ0n) is 15.2. The average molecular weight is 393 g/mol. The van der Waals surface area contributed by atoms with E-state index in [1.807, 2.05) is 13.8 Å². The Morgan fingerprint density at radius 3 is 1.69 bits per heavy atom. The Morgan fingerprint density at radius 2 is 1.23 bits per heavy atom. The van der Waals surface area contributed by atoms with Gasteiger partial charge in [-0.15, -0.1) is 4.40 Å². The van der Waals surface area contributed by atoms with Crippen molar-refractivity contribution in [2.75, 3.05) is 0 Å². The summed E-state index contributed by atoms with van der Waals surface area (Å²) in [7, 11) is -4.79. The van der Waals surface area contributed by atoms with Crippen molar-refractivity contribution in [3.63, 3.8) is 0 Å². The van der Waals surface area contributed by atoms with E-state index < -0.39 is 47.0 Å². The van der Waals surface area contributed by atoms with E-state index in [9.17, 15) is 22.8 Å². The molecule has 0 spiro atoms. The summed E-state index contributed by atoms with van der Waals surface area (Å²) in [5.41, 5.74) is 0. The molecule has 0 aliphatic carbocycles. The summed E-state index contributed by atoms with van der Waals surface area (Å²) in [6.45, 7) is 3.92. The van der Waals surface area contributed by atoms with E-state index in [1.54, 1.807) is 0 Å². The maximum Gasteiger partial charge on any atom is 0.381 e. The lowest BCUT2D eigenvalue weighted by atomic mass is 10.2. The summed E-state index contributed by atoms with van der Waals surface area (Å²) in [5, 5.41) is 0. The first-order valence-corrected chi connectivity index (χ1v) is 10.1. The van der Waals surface area contributed by atoms with Gasteiger partial charge in [-0.3, -0.25) is 18.9 Å². The highest BCUT2D eigenvalue weighted by atomic mass is 32.2. The number of hydrogen-bond donors (Lipinski definition) is 1. The maximum atomic E-state index is 11.6. The predicted molar refractivity (Wildman–Crippen MR) is 93.7 cm³/mol. The Balaban J connectivity index is 4.56. The van der Waals surface area contributed by atoms with E-state index >= 15 is 0 Å². The molecule has 0 unspecified atom stereocenters. The summed E-state index contributed by atoms with van der Waals surface area (Å²) in [4.78, 5) is 34.7. The van der Waals surface area contributed by atoms with Gasteiger partial charge in [-0.1, -0.05) is 39.5 Å². The number of ether oxygens (including phenoxy) is 2. The van der Waals surface area contributed by atoms with E-state index in [-0.39, 0.29) is 12.8 Å². The van der Waals surface area contributed by atoms with Gasteiger partial charge >= 0.3 is 28.2 Å². The van der Waals surface area contributed by atoms with Crippen LogP contribution in [0.3, 0.4) is 0 Å². The number of unbranched alkanes of at least 4 members (excludes halogenated alkanes) is 4. The molecule has 0 bridgehead atoms. The summed E-state index contributed by atoms with van der Waals surface area (Å²) in [6, 6.07) is 0. The Hall–Kier alpha value is -1.81. The smallest absolute Gasteiger partial charge is 0.381 e. The van der Waals surface area contributed by atoms with E-state index in [4.69, 9.17) is 9.29 Å². The minimum Gasteiger partial charge on any atom is -0.411 e. The molecule has 10 heteroatoms. The molecule has 26 heavy (non-hydrogen) atoms. The molecule has 1 N–H and O–H groups in total. The maximum absolute atomic E-state index is 11.6. The lowest BCUT2D eigenvalue weighted by Gasteiger charge is -2.07. The van der Waals surface area contributed by atoms with Gasteiger partial charge < -0.3 is 9.47 Å². The number of nitrogens with zero attached hydrogens (tertiary/aromatic N) is 1. The van der Waals surface area contributed by atoms with Crippen LogP contribution in [0.5, 0.6) is 0 Å². The van der Waals surface area contributed by atoms with Crippen LogP contribution in [0, 0.1) is 0 Å². The highest BCUT2D eigenvalue weighted by molar-refractivity contribution is 7.84. The monoisotopic (exact) mass is 393 g/mol. The van der Waals surface area contributed by atoms with Gasteiger partial charge in [0.15, 0.2) is 0 Å². The molecule has 0 saturated heterocycles. The van der Waals surface area contributed by atoms with Crippen LogP contribution in [0.2, 0.25) is 0 Å². The third-order valence-corrected chi connectivity index (χ3v) is 3.62. The van der Waals surface area contributed by atoms with Crippen molar-refractivity contribution in [1.29, 1.82) is 0 Å². The molecule has 0 amide bonds. The summed E-state index contributed by atoms with van der Waals surface area (Å²) in [6.07, 6.45) is 3.94. The number of carbonyl (C=O) groups excluding carboxylic acids is 3. The number of carbonyl (C=O) groups is 3. The Labute approximate surface area is 154 Å². The first-order valence-electron chi connectivity index (χ1n) is 8.68. The molecule has 0 saturated carbocycles. The van der Waals surface area contributed by atoms with Crippen molar-refractivity contribution >= 4 is 34.1 Å². The Bertz CT molecular complexity index is 597. The van der Waals surface area contributed by atoms with Crippen LogP contribution in [-0.2, 0) is 34.2 Å². The second kappa shape index (κ2) is 13.4. The molecule has 9 nitrogen and oxygen atoms in total. The summed E-state index contributed by atoms with van der Waals surface area (Å²) >= 11 is 0. The Morgan fingerprint density at radius 1 is 0.769 bits per heavy atom. The van der Waals surface area contributed by atoms with Crippen molar-refractivity contribution in [2.45, 2.75) is 78.1 Å². The third-order valence-electron chi connectivity index (χ3n) is 3.19. The fraction of sp³-hybridized carbons (Fsp3) is 0.750. The molecular formula is C16H27NO8S.